The van der Waals surface area contributed by atoms with E-state index in [1.165, 1.54) is 5.56 Å². The number of H-pyrrole nitrogens is 1. The molecular formula is C20H26N4O. The molecule has 0 aliphatic rings. The van der Waals surface area contributed by atoms with Crippen molar-refractivity contribution in [3.05, 3.63) is 53.7 Å². The molecule has 1 amide bonds. The Morgan fingerprint density at radius 3 is 2.72 bits per heavy atom. The lowest BCUT2D eigenvalue weighted by Crippen LogP contribution is -2.46. The standard InChI is InChI=1S/C20H26N4O/c1-13-14(2)22-17-7-6-15(10-16(13)17)19(25)23-18(20(3,4)5)11-24-9-8-21-12-24/h6-10,12,18,22H,11H2,1-5H3,(H,23,25). The third-order valence-electron chi connectivity index (χ3n) is 4.87. The van der Waals surface area contributed by atoms with Crippen LogP contribution in [0, 0.1) is 19.3 Å². The highest BCUT2D eigenvalue weighted by atomic mass is 16.1. The summed E-state index contributed by atoms with van der Waals surface area (Å²) in [5.74, 6) is -0.0415. The Morgan fingerprint density at radius 1 is 1.32 bits per heavy atom. The molecule has 0 fully saturated rings. The molecule has 25 heavy (non-hydrogen) atoms. The van der Waals surface area contributed by atoms with Gasteiger partial charge in [0.2, 0.25) is 0 Å². The SMILES string of the molecule is Cc1[nH]c2ccc(C(=O)NC(Cn3ccnc3)C(C)(C)C)cc2c1C. The zero-order chi connectivity index (χ0) is 18.2. The van der Waals surface area contributed by atoms with Crippen LogP contribution in [0.1, 0.15) is 42.4 Å². The van der Waals surface area contributed by atoms with Crippen molar-refractivity contribution in [2.45, 2.75) is 47.2 Å². The summed E-state index contributed by atoms with van der Waals surface area (Å²) in [6, 6.07) is 5.83. The van der Waals surface area contributed by atoms with Gasteiger partial charge in [-0.3, -0.25) is 4.79 Å². The number of carbonyl (C=O) groups is 1. The molecule has 2 N–H and O–H groups in total. The number of nitrogens with one attached hydrogen (secondary N) is 2. The van der Waals surface area contributed by atoms with E-state index in [1.54, 1.807) is 12.5 Å². The van der Waals surface area contributed by atoms with Crippen molar-refractivity contribution < 1.29 is 4.79 Å². The maximum Gasteiger partial charge on any atom is 0.251 e. The van der Waals surface area contributed by atoms with E-state index in [0.29, 0.717) is 12.1 Å². The van der Waals surface area contributed by atoms with Crippen LogP contribution < -0.4 is 5.32 Å². The molecule has 3 rings (SSSR count). The minimum Gasteiger partial charge on any atom is -0.358 e. The second-order valence-electron chi connectivity index (χ2n) is 7.79. The van der Waals surface area contributed by atoms with Crippen LogP contribution in [0.3, 0.4) is 0 Å². The first-order valence-electron chi connectivity index (χ1n) is 8.61. The number of imidazole rings is 1. The van der Waals surface area contributed by atoms with Crippen molar-refractivity contribution in [1.82, 2.24) is 19.9 Å². The zero-order valence-corrected chi connectivity index (χ0v) is 15.6. The lowest BCUT2D eigenvalue weighted by Gasteiger charge is -2.31. The predicted molar refractivity (Wildman–Crippen MR) is 101 cm³/mol. The smallest absolute Gasteiger partial charge is 0.251 e. The molecule has 2 aromatic heterocycles. The summed E-state index contributed by atoms with van der Waals surface area (Å²) in [6.45, 7) is 11.2. The number of hydrogen-bond acceptors (Lipinski definition) is 2. The van der Waals surface area contributed by atoms with E-state index in [-0.39, 0.29) is 17.4 Å². The fourth-order valence-electron chi connectivity index (χ4n) is 2.99. The molecule has 5 nitrogen and oxygen atoms in total. The number of benzene rings is 1. The number of aryl methyl sites for hydroxylation is 2. The van der Waals surface area contributed by atoms with Gasteiger partial charge >= 0.3 is 0 Å². The number of nitrogens with zero attached hydrogens (tertiary/aromatic N) is 2. The monoisotopic (exact) mass is 338 g/mol. The van der Waals surface area contributed by atoms with Crippen LogP contribution >= 0.6 is 0 Å². The van der Waals surface area contributed by atoms with Gasteiger partial charge in [0, 0.05) is 41.1 Å². The fraction of sp³-hybridized carbons (Fsp3) is 0.400. The maximum absolute atomic E-state index is 12.8. The van der Waals surface area contributed by atoms with Gasteiger partial charge in [0.15, 0.2) is 0 Å². The van der Waals surface area contributed by atoms with Crippen molar-refractivity contribution in [2.24, 2.45) is 5.41 Å². The van der Waals surface area contributed by atoms with Crippen molar-refractivity contribution >= 4 is 16.8 Å². The largest absolute Gasteiger partial charge is 0.358 e. The first-order chi connectivity index (χ1) is 11.8. The quantitative estimate of drug-likeness (QED) is 0.759. The summed E-state index contributed by atoms with van der Waals surface area (Å²) in [5, 5.41) is 4.31. The average molecular weight is 338 g/mol. The minimum absolute atomic E-state index is 0.000968. The fourth-order valence-corrected chi connectivity index (χ4v) is 2.99. The van der Waals surface area contributed by atoms with Crippen LogP contribution in [0.5, 0.6) is 0 Å². The molecule has 0 bridgehead atoms. The van der Waals surface area contributed by atoms with Gasteiger partial charge in [-0.15, -0.1) is 0 Å². The van der Waals surface area contributed by atoms with Crippen LogP contribution in [-0.4, -0.2) is 26.5 Å². The molecule has 0 radical (unpaired) electrons. The van der Waals surface area contributed by atoms with Crippen molar-refractivity contribution in [3.63, 3.8) is 0 Å². The highest BCUT2D eigenvalue weighted by Crippen LogP contribution is 2.24. The normalized spacial score (nSPS) is 13.2. The molecule has 2 heterocycles. The van der Waals surface area contributed by atoms with E-state index in [2.05, 4.69) is 49.9 Å². The second-order valence-corrected chi connectivity index (χ2v) is 7.79. The molecule has 0 saturated carbocycles. The van der Waals surface area contributed by atoms with E-state index < -0.39 is 0 Å². The number of aromatic amines is 1. The predicted octanol–water partition coefficient (Wildman–Crippen LogP) is 3.83. The Morgan fingerprint density at radius 2 is 2.08 bits per heavy atom. The third-order valence-corrected chi connectivity index (χ3v) is 4.87. The molecule has 3 aromatic rings. The number of amides is 1. The molecule has 132 valence electrons. The lowest BCUT2D eigenvalue weighted by atomic mass is 9.86. The van der Waals surface area contributed by atoms with Gasteiger partial charge in [-0.1, -0.05) is 20.8 Å². The summed E-state index contributed by atoms with van der Waals surface area (Å²) in [6.07, 6.45) is 5.46. The average Bonchev–Trinajstić information content (AvgIpc) is 3.14. The van der Waals surface area contributed by atoms with Crippen LogP contribution in [0.2, 0.25) is 0 Å². The molecule has 0 aliphatic heterocycles. The Labute approximate surface area is 148 Å². The Kier molecular flexibility index (Phi) is 4.41. The number of aromatic nitrogens is 3. The summed E-state index contributed by atoms with van der Waals surface area (Å²) < 4.78 is 2.00. The van der Waals surface area contributed by atoms with Crippen LogP contribution in [0.15, 0.2) is 36.9 Å². The second kappa shape index (κ2) is 6.39. The molecule has 1 aromatic carbocycles. The Hall–Kier alpha value is -2.56. The maximum atomic E-state index is 12.8. The van der Waals surface area contributed by atoms with Gasteiger partial charge in [0.05, 0.1) is 12.4 Å². The molecule has 5 heteroatoms. The van der Waals surface area contributed by atoms with Gasteiger partial charge in [-0.25, -0.2) is 4.98 Å². The van der Waals surface area contributed by atoms with Gasteiger partial charge in [0.25, 0.3) is 5.91 Å². The molecule has 0 spiro atoms. The molecule has 0 aliphatic carbocycles. The number of hydrogen-bond donors (Lipinski definition) is 2. The Bertz CT molecular complexity index is 884. The molecule has 0 saturated heterocycles. The summed E-state index contributed by atoms with van der Waals surface area (Å²) in [4.78, 5) is 20.3. The third kappa shape index (κ3) is 3.60. The molecule has 1 unspecified atom stereocenters. The lowest BCUT2D eigenvalue weighted by molar-refractivity contribution is 0.0892. The first kappa shape index (κ1) is 17.3. The van der Waals surface area contributed by atoms with Gasteiger partial charge in [-0.2, -0.15) is 0 Å². The zero-order valence-electron chi connectivity index (χ0n) is 15.6. The van der Waals surface area contributed by atoms with E-state index in [9.17, 15) is 4.79 Å². The Balaban J connectivity index is 1.84. The summed E-state index contributed by atoms with van der Waals surface area (Å²) >= 11 is 0. The van der Waals surface area contributed by atoms with Crippen LogP contribution in [-0.2, 0) is 6.54 Å². The number of fused-ring (bicyclic) bond motifs is 1. The topological polar surface area (TPSA) is 62.7 Å². The highest BCUT2D eigenvalue weighted by Gasteiger charge is 2.27. The first-order valence-corrected chi connectivity index (χ1v) is 8.61. The van der Waals surface area contributed by atoms with Gasteiger partial charge in [-0.05, 0) is 43.0 Å². The number of carbonyl (C=O) groups excluding carboxylic acids is 1. The van der Waals surface area contributed by atoms with Gasteiger partial charge in [0.1, 0.15) is 0 Å². The summed E-state index contributed by atoms with van der Waals surface area (Å²) in [5.41, 5.74) is 4.02. The van der Waals surface area contributed by atoms with Crippen molar-refractivity contribution in [3.8, 4) is 0 Å². The molecule has 1 atom stereocenters. The van der Waals surface area contributed by atoms with E-state index in [4.69, 9.17) is 0 Å². The summed E-state index contributed by atoms with van der Waals surface area (Å²) in [7, 11) is 0. The van der Waals surface area contributed by atoms with E-state index in [0.717, 1.165) is 16.6 Å². The highest BCUT2D eigenvalue weighted by molar-refractivity contribution is 5.99. The van der Waals surface area contributed by atoms with Gasteiger partial charge < -0.3 is 14.9 Å². The van der Waals surface area contributed by atoms with Crippen LogP contribution in [0.25, 0.3) is 10.9 Å². The number of rotatable bonds is 4. The minimum atomic E-state index is -0.0649. The molecular weight excluding hydrogens is 312 g/mol. The van der Waals surface area contributed by atoms with Crippen LogP contribution in [0.4, 0.5) is 0 Å². The van der Waals surface area contributed by atoms with E-state index >= 15 is 0 Å². The van der Waals surface area contributed by atoms with E-state index in [1.807, 2.05) is 29.0 Å². The van der Waals surface area contributed by atoms with Crippen molar-refractivity contribution in [2.75, 3.05) is 0 Å². The van der Waals surface area contributed by atoms with Crippen molar-refractivity contribution in [1.29, 1.82) is 0 Å².